The van der Waals surface area contributed by atoms with Crippen molar-refractivity contribution in [2.24, 2.45) is 17.3 Å². The second-order valence-corrected chi connectivity index (χ2v) is 10.5. The van der Waals surface area contributed by atoms with Crippen molar-refractivity contribution in [3.05, 3.63) is 59.2 Å². The summed E-state index contributed by atoms with van der Waals surface area (Å²) >= 11 is 0. The standard InChI is InChI=1S/C26H29F2N5O2/c1-13(15-5-7-16(27)8-6-15)14(2)24(34)29-22-17-9-10-33(23(17)26(22,3)4)25(35)18-11-20-21(12-19(18)28)31-32-30-20/h5-8,11-14,17,22-23H,9-10H2,1-4H3,(H,29,34)(H,30,31,32). The summed E-state index contributed by atoms with van der Waals surface area (Å²) in [5.41, 5.74) is 1.32. The van der Waals surface area contributed by atoms with E-state index in [1.165, 1.54) is 24.3 Å². The van der Waals surface area contributed by atoms with Gasteiger partial charge in [-0.15, -0.1) is 0 Å². The van der Waals surface area contributed by atoms with E-state index >= 15 is 0 Å². The Morgan fingerprint density at radius 2 is 1.77 bits per heavy atom. The second-order valence-electron chi connectivity index (χ2n) is 10.5. The zero-order valence-corrected chi connectivity index (χ0v) is 20.2. The molecular weight excluding hydrogens is 452 g/mol. The minimum absolute atomic E-state index is 0.0166. The molecule has 184 valence electrons. The molecule has 2 heterocycles. The molecule has 5 atom stereocenters. The Labute approximate surface area is 202 Å². The molecule has 1 aromatic heterocycles. The smallest absolute Gasteiger partial charge is 0.257 e. The molecule has 5 unspecified atom stereocenters. The lowest BCUT2D eigenvalue weighted by Gasteiger charge is -2.58. The number of hydrogen-bond acceptors (Lipinski definition) is 4. The van der Waals surface area contributed by atoms with Gasteiger partial charge in [0.05, 0.1) is 5.56 Å². The number of aromatic nitrogens is 3. The van der Waals surface area contributed by atoms with E-state index in [1.54, 1.807) is 17.0 Å². The average Bonchev–Trinajstić information content (AvgIpc) is 3.46. The lowest BCUT2D eigenvalue weighted by atomic mass is 9.56. The molecule has 2 amide bonds. The molecule has 2 N–H and O–H groups in total. The lowest BCUT2D eigenvalue weighted by Crippen LogP contribution is -2.70. The highest BCUT2D eigenvalue weighted by Crippen LogP contribution is 2.54. The van der Waals surface area contributed by atoms with E-state index < -0.39 is 5.82 Å². The van der Waals surface area contributed by atoms with Gasteiger partial charge in [0, 0.05) is 41.9 Å². The summed E-state index contributed by atoms with van der Waals surface area (Å²) in [5, 5.41) is 13.5. The average molecular weight is 482 g/mol. The van der Waals surface area contributed by atoms with Crippen molar-refractivity contribution in [3.8, 4) is 0 Å². The van der Waals surface area contributed by atoms with Crippen LogP contribution in [0.5, 0.6) is 0 Å². The Morgan fingerprint density at radius 3 is 2.46 bits per heavy atom. The fraction of sp³-hybridized carbons (Fsp3) is 0.462. The molecule has 0 spiro atoms. The van der Waals surface area contributed by atoms with Crippen LogP contribution < -0.4 is 5.32 Å². The number of carbonyl (C=O) groups is 2. The van der Waals surface area contributed by atoms with Gasteiger partial charge in [0.15, 0.2) is 0 Å². The van der Waals surface area contributed by atoms with Crippen LogP contribution in [0, 0.1) is 28.9 Å². The zero-order valence-electron chi connectivity index (χ0n) is 20.2. The number of nitrogens with one attached hydrogen (secondary N) is 2. The van der Waals surface area contributed by atoms with E-state index in [1.807, 2.05) is 27.7 Å². The molecular formula is C26H29F2N5O2. The number of H-pyrrole nitrogens is 1. The van der Waals surface area contributed by atoms with Crippen LogP contribution in [-0.2, 0) is 4.79 Å². The van der Waals surface area contributed by atoms with E-state index in [0.717, 1.165) is 12.0 Å². The highest BCUT2D eigenvalue weighted by Gasteiger charge is 2.62. The van der Waals surface area contributed by atoms with Crippen molar-refractivity contribution in [2.75, 3.05) is 6.54 Å². The Morgan fingerprint density at radius 1 is 1.11 bits per heavy atom. The highest BCUT2D eigenvalue weighted by molar-refractivity contribution is 5.98. The van der Waals surface area contributed by atoms with E-state index in [4.69, 9.17) is 0 Å². The number of hydrogen-bond donors (Lipinski definition) is 2. The number of benzene rings is 2. The van der Waals surface area contributed by atoms with Crippen LogP contribution in [-0.4, -0.2) is 50.8 Å². The number of amides is 2. The third-order valence-corrected chi connectivity index (χ3v) is 8.19. The summed E-state index contributed by atoms with van der Waals surface area (Å²) in [6.07, 6.45) is 0.737. The van der Waals surface area contributed by atoms with Gasteiger partial charge in [-0.1, -0.05) is 39.8 Å². The van der Waals surface area contributed by atoms with Crippen molar-refractivity contribution < 1.29 is 18.4 Å². The first-order chi connectivity index (χ1) is 16.6. The summed E-state index contributed by atoms with van der Waals surface area (Å²) in [6, 6.07) is 8.70. The highest BCUT2D eigenvalue weighted by atomic mass is 19.1. The first kappa shape index (κ1) is 23.4. The van der Waals surface area contributed by atoms with E-state index in [-0.39, 0.29) is 58.4 Å². The SMILES string of the molecule is CC(C(=O)NC1C2CCN(C(=O)c3cc4n[nH]nc4cc3F)C2C1(C)C)C(C)c1ccc(F)cc1. The summed E-state index contributed by atoms with van der Waals surface area (Å²) < 4.78 is 28.0. The van der Waals surface area contributed by atoms with Crippen LogP contribution in [0.15, 0.2) is 36.4 Å². The van der Waals surface area contributed by atoms with E-state index in [0.29, 0.717) is 17.6 Å². The molecule has 3 aromatic rings. The number of carbonyl (C=O) groups excluding carboxylic acids is 2. The molecule has 5 rings (SSSR count). The molecule has 7 nitrogen and oxygen atoms in total. The summed E-state index contributed by atoms with van der Waals surface area (Å²) in [6.45, 7) is 8.41. The van der Waals surface area contributed by atoms with E-state index in [9.17, 15) is 18.4 Å². The van der Waals surface area contributed by atoms with Gasteiger partial charge in [0.2, 0.25) is 5.91 Å². The van der Waals surface area contributed by atoms with Gasteiger partial charge in [-0.3, -0.25) is 9.59 Å². The number of nitrogens with zero attached hydrogens (tertiary/aromatic N) is 3. The quantitative estimate of drug-likeness (QED) is 0.576. The Kier molecular flexibility index (Phi) is 5.61. The Balaban J connectivity index is 1.29. The Bertz CT molecular complexity index is 1290. The molecule has 2 aromatic carbocycles. The lowest BCUT2D eigenvalue weighted by molar-refractivity contribution is -0.131. The zero-order chi connectivity index (χ0) is 25.1. The number of rotatable bonds is 5. The predicted octanol–water partition coefficient (Wildman–Crippen LogP) is 4.03. The molecule has 2 fully saturated rings. The molecule has 1 saturated heterocycles. The van der Waals surface area contributed by atoms with Crippen molar-refractivity contribution >= 4 is 22.8 Å². The van der Waals surface area contributed by atoms with Crippen LogP contribution in [0.1, 0.15) is 56.0 Å². The molecule has 1 aliphatic heterocycles. The Hall–Kier alpha value is -3.36. The largest absolute Gasteiger partial charge is 0.352 e. The summed E-state index contributed by atoms with van der Waals surface area (Å²) in [4.78, 5) is 28.2. The molecule has 1 aliphatic carbocycles. The topological polar surface area (TPSA) is 91.0 Å². The van der Waals surface area contributed by atoms with Crippen LogP contribution in [0.4, 0.5) is 8.78 Å². The van der Waals surface area contributed by atoms with Crippen LogP contribution >= 0.6 is 0 Å². The van der Waals surface area contributed by atoms with Crippen LogP contribution in [0.2, 0.25) is 0 Å². The summed E-state index contributed by atoms with van der Waals surface area (Å²) in [7, 11) is 0. The minimum atomic E-state index is -0.620. The van der Waals surface area contributed by atoms with Crippen molar-refractivity contribution in [1.29, 1.82) is 0 Å². The van der Waals surface area contributed by atoms with Gasteiger partial charge in [0.1, 0.15) is 22.7 Å². The van der Waals surface area contributed by atoms with Gasteiger partial charge >= 0.3 is 0 Å². The van der Waals surface area contributed by atoms with Crippen molar-refractivity contribution in [2.45, 2.75) is 52.1 Å². The van der Waals surface area contributed by atoms with Crippen LogP contribution in [0.3, 0.4) is 0 Å². The van der Waals surface area contributed by atoms with Crippen molar-refractivity contribution in [1.82, 2.24) is 25.6 Å². The molecule has 35 heavy (non-hydrogen) atoms. The third kappa shape index (κ3) is 3.77. The van der Waals surface area contributed by atoms with Gasteiger partial charge < -0.3 is 10.2 Å². The molecule has 0 bridgehead atoms. The fourth-order valence-corrected chi connectivity index (χ4v) is 6.01. The van der Waals surface area contributed by atoms with Crippen LogP contribution in [0.25, 0.3) is 11.0 Å². The molecule has 2 aliphatic rings. The number of fused-ring (bicyclic) bond motifs is 2. The molecule has 0 radical (unpaired) electrons. The van der Waals surface area contributed by atoms with Gasteiger partial charge in [-0.2, -0.15) is 15.4 Å². The maximum absolute atomic E-state index is 14.7. The molecule has 1 saturated carbocycles. The molecule has 9 heteroatoms. The van der Waals surface area contributed by atoms with Crippen molar-refractivity contribution in [3.63, 3.8) is 0 Å². The fourth-order valence-electron chi connectivity index (χ4n) is 6.01. The number of aromatic amines is 1. The monoisotopic (exact) mass is 481 g/mol. The maximum atomic E-state index is 14.7. The minimum Gasteiger partial charge on any atom is -0.352 e. The van der Waals surface area contributed by atoms with Gasteiger partial charge in [0.25, 0.3) is 5.91 Å². The first-order valence-electron chi connectivity index (χ1n) is 12.0. The maximum Gasteiger partial charge on any atom is 0.257 e. The summed E-state index contributed by atoms with van der Waals surface area (Å²) in [5.74, 6) is -1.64. The van der Waals surface area contributed by atoms with Gasteiger partial charge in [-0.25, -0.2) is 8.78 Å². The normalized spacial score (nSPS) is 24.5. The number of likely N-dealkylation sites (tertiary alicyclic amines) is 1. The third-order valence-electron chi connectivity index (χ3n) is 8.19. The second kappa shape index (κ2) is 8.39. The van der Waals surface area contributed by atoms with Gasteiger partial charge in [-0.05, 0) is 36.1 Å². The first-order valence-corrected chi connectivity index (χ1v) is 12.0. The van der Waals surface area contributed by atoms with E-state index in [2.05, 4.69) is 20.7 Å². The number of halogens is 2. The predicted molar refractivity (Wildman–Crippen MR) is 126 cm³/mol.